The van der Waals surface area contributed by atoms with Crippen molar-refractivity contribution in [3.05, 3.63) is 46.6 Å². The smallest absolute Gasteiger partial charge is 0.0288 e. The summed E-state index contributed by atoms with van der Waals surface area (Å²) in [5.41, 5.74) is 5.90. The molecule has 0 unspecified atom stereocenters. The zero-order valence-electron chi connectivity index (χ0n) is 14.6. The third-order valence-electron chi connectivity index (χ3n) is 3.33. The number of unbranched alkanes of at least 4 members (excludes halogenated alkanes) is 1. The van der Waals surface area contributed by atoms with Crippen LogP contribution in [0.1, 0.15) is 80.1 Å². The molecule has 0 amide bonds. The average Bonchev–Trinajstić information content (AvgIpc) is 2.33. The number of hydrogen-bond donors (Lipinski definition) is 0. The van der Waals surface area contributed by atoms with E-state index in [0.29, 0.717) is 0 Å². The fraction of sp³-hybridized carbons (Fsp3) is 0.600. The van der Waals surface area contributed by atoms with E-state index in [2.05, 4.69) is 65.8 Å². The van der Waals surface area contributed by atoms with Crippen LogP contribution < -0.4 is 0 Å². The van der Waals surface area contributed by atoms with E-state index in [-0.39, 0.29) is 0 Å². The van der Waals surface area contributed by atoms with Gasteiger partial charge in [0, 0.05) is 0 Å². The van der Waals surface area contributed by atoms with Gasteiger partial charge in [0.25, 0.3) is 0 Å². The van der Waals surface area contributed by atoms with Crippen LogP contribution >= 0.6 is 0 Å². The molecule has 0 saturated carbocycles. The molecule has 0 aliphatic carbocycles. The first-order valence-electron chi connectivity index (χ1n) is 7.99. The number of hydrogen-bond acceptors (Lipinski definition) is 0. The first-order valence-corrected chi connectivity index (χ1v) is 7.99. The van der Waals surface area contributed by atoms with Gasteiger partial charge in [-0.1, -0.05) is 46.6 Å². The zero-order valence-corrected chi connectivity index (χ0v) is 14.6. The van der Waals surface area contributed by atoms with Crippen LogP contribution in [0.3, 0.4) is 0 Å². The Morgan fingerprint density at radius 1 is 0.500 bits per heavy atom. The monoisotopic (exact) mass is 274 g/mol. The largest absolute Gasteiger partial charge is 0.0856 e. The van der Waals surface area contributed by atoms with Crippen molar-refractivity contribution >= 4 is 0 Å². The topological polar surface area (TPSA) is 0 Å². The lowest BCUT2D eigenvalue weighted by molar-refractivity contribution is 0.916. The van der Waals surface area contributed by atoms with Crippen LogP contribution in [-0.2, 0) is 0 Å². The first-order chi connectivity index (χ1) is 9.41. The molecular weight excluding hydrogens is 240 g/mol. The molecular formula is C20H34. The summed E-state index contributed by atoms with van der Waals surface area (Å²) in [4.78, 5) is 0. The van der Waals surface area contributed by atoms with Gasteiger partial charge in [-0.2, -0.15) is 0 Å². The zero-order chi connectivity index (χ0) is 15.4. The van der Waals surface area contributed by atoms with Crippen LogP contribution in [0.2, 0.25) is 0 Å². The third kappa shape index (κ3) is 13.4. The summed E-state index contributed by atoms with van der Waals surface area (Å²) < 4.78 is 0. The Morgan fingerprint density at radius 2 is 0.850 bits per heavy atom. The van der Waals surface area contributed by atoms with E-state index in [1.54, 1.807) is 0 Å². The Morgan fingerprint density at radius 3 is 1.15 bits per heavy atom. The number of rotatable bonds is 9. The van der Waals surface area contributed by atoms with Crippen molar-refractivity contribution in [3.63, 3.8) is 0 Å². The highest BCUT2D eigenvalue weighted by molar-refractivity contribution is 5.05. The second kappa shape index (κ2) is 11.8. The van der Waals surface area contributed by atoms with Crippen LogP contribution in [-0.4, -0.2) is 0 Å². The van der Waals surface area contributed by atoms with Crippen LogP contribution in [0.15, 0.2) is 46.6 Å². The van der Waals surface area contributed by atoms with E-state index in [4.69, 9.17) is 0 Å². The summed E-state index contributed by atoms with van der Waals surface area (Å²) in [5.74, 6) is 0. The van der Waals surface area contributed by atoms with Crippen LogP contribution in [0, 0.1) is 0 Å². The lowest BCUT2D eigenvalue weighted by Gasteiger charge is -2.00. The second-order valence-electron chi connectivity index (χ2n) is 6.32. The Balaban J connectivity index is 3.86. The molecule has 0 aliphatic heterocycles. The predicted octanol–water partition coefficient (Wildman–Crippen LogP) is 7.15. The normalized spacial score (nSPS) is 12.3. The third-order valence-corrected chi connectivity index (χ3v) is 3.33. The molecule has 0 nitrogen and oxygen atoms in total. The first kappa shape index (κ1) is 19.0. The van der Waals surface area contributed by atoms with Gasteiger partial charge in [-0.25, -0.2) is 0 Å². The molecule has 0 aromatic carbocycles. The maximum absolute atomic E-state index is 2.40. The summed E-state index contributed by atoms with van der Waals surface area (Å²) in [6, 6.07) is 0. The highest BCUT2D eigenvalue weighted by atomic mass is 14.0. The molecule has 0 heteroatoms. The molecule has 114 valence electrons. The van der Waals surface area contributed by atoms with Gasteiger partial charge >= 0.3 is 0 Å². The van der Waals surface area contributed by atoms with Crippen LogP contribution in [0.5, 0.6) is 0 Å². The van der Waals surface area contributed by atoms with Gasteiger partial charge in [-0.15, -0.1) is 0 Å². The maximum atomic E-state index is 2.40. The summed E-state index contributed by atoms with van der Waals surface area (Å²) >= 11 is 0. The van der Waals surface area contributed by atoms with Gasteiger partial charge in [-0.05, 0) is 80.1 Å². The van der Waals surface area contributed by atoms with Crippen molar-refractivity contribution in [2.75, 3.05) is 0 Å². The molecule has 0 radical (unpaired) electrons. The van der Waals surface area contributed by atoms with Crippen molar-refractivity contribution < 1.29 is 0 Å². The lowest BCUT2D eigenvalue weighted by Crippen LogP contribution is -1.80. The molecule has 0 atom stereocenters. The van der Waals surface area contributed by atoms with Crippen molar-refractivity contribution in [2.24, 2.45) is 0 Å². The number of allylic oxidation sites excluding steroid dienone is 8. The second-order valence-corrected chi connectivity index (χ2v) is 6.32. The molecule has 20 heavy (non-hydrogen) atoms. The highest BCUT2D eigenvalue weighted by Crippen LogP contribution is 2.11. The fourth-order valence-corrected chi connectivity index (χ4v) is 2.04. The van der Waals surface area contributed by atoms with Crippen molar-refractivity contribution in [2.45, 2.75) is 80.1 Å². The van der Waals surface area contributed by atoms with E-state index >= 15 is 0 Å². The molecule has 0 spiro atoms. The van der Waals surface area contributed by atoms with E-state index in [1.165, 1.54) is 60.8 Å². The fourth-order valence-electron chi connectivity index (χ4n) is 2.04. The Hall–Kier alpha value is -1.04. The summed E-state index contributed by atoms with van der Waals surface area (Å²) in [6.07, 6.45) is 16.6. The molecule has 0 bridgehead atoms. The minimum Gasteiger partial charge on any atom is -0.0856 e. The van der Waals surface area contributed by atoms with Gasteiger partial charge in [-0.3, -0.25) is 0 Å². The summed E-state index contributed by atoms with van der Waals surface area (Å²) in [6.45, 7) is 13.2. The lowest BCUT2D eigenvalue weighted by atomic mass is 10.1. The van der Waals surface area contributed by atoms with E-state index in [9.17, 15) is 0 Å². The molecule has 0 aromatic heterocycles. The standard InChI is InChI=1S/C20H34/c1-17(2)11-9-15-19(5)13-7-8-14-20(6)16-10-12-18(3)4/h11-14H,7-10,15-16H2,1-6H3/b19-13+,20-14+. The Labute approximate surface area is 127 Å². The molecule has 0 aromatic rings. The van der Waals surface area contributed by atoms with Crippen LogP contribution in [0.25, 0.3) is 0 Å². The van der Waals surface area contributed by atoms with E-state index < -0.39 is 0 Å². The minimum atomic E-state index is 1.18. The maximum Gasteiger partial charge on any atom is -0.0288 e. The molecule has 0 heterocycles. The van der Waals surface area contributed by atoms with Crippen molar-refractivity contribution in [3.8, 4) is 0 Å². The molecule has 0 N–H and O–H groups in total. The van der Waals surface area contributed by atoms with Gasteiger partial charge < -0.3 is 0 Å². The van der Waals surface area contributed by atoms with Crippen molar-refractivity contribution in [1.82, 2.24) is 0 Å². The molecule has 0 rings (SSSR count). The Kier molecular flexibility index (Phi) is 11.1. The highest BCUT2D eigenvalue weighted by Gasteiger charge is 1.91. The quantitative estimate of drug-likeness (QED) is 0.309. The Bertz CT molecular complexity index is 329. The minimum absolute atomic E-state index is 1.18. The van der Waals surface area contributed by atoms with Gasteiger partial charge in [0.2, 0.25) is 0 Å². The molecule has 0 aliphatic rings. The van der Waals surface area contributed by atoms with Crippen molar-refractivity contribution in [1.29, 1.82) is 0 Å². The van der Waals surface area contributed by atoms with Gasteiger partial charge in [0.15, 0.2) is 0 Å². The predicted molar refractivity (Wildman–Crippen MR) is 94.1 cm³/mol. The molecule has 0 fully saturated rings. The molecule has 0 saturated heterocycles. The van der Waals surface area contributed by atoms with E-state index in [0.717, 1.165) is 0 Å². The van der Waals surface area contributed by atoms with Gasteiger partial charge in [0.1, 0.15) is 0 Å². The summed E-state index contributed by atoms with van der Waals surface area (Å²) in [7, 11) is 0. The van der Waals surface area contributed by atoms with E-state index in [1.807, 2.05) is 0 Å². The van der Waals surface area contributed by atoms with Gasteiger partial charge in [0.05, 0.1) is 0 Å². The average molecular weight is 274 g/mol. The summed E-state index contributed by atoms with van der Waals surface area (Å²) in [5, 5.41) is 0. The van der Waals surface area contributed by atoms with Crippen LogP contribution in [0.4, 0.5) is 0 Å². The SMILES string of the molecule is CC(C)=CCC/C(C)=C/CC/C=C(\C)CCC=C(C)C.